The molecule has 2 aromatic rings. The fourth-order valence-corrected chi connectivity index (χ4v) is 4.17. The highest BCUT2D eigenvalue weighted by Gasteiger charge is 2.34. The van der Waals surface area contributed by atoms with Gasteiger partial charge in [-0.25, -0.2) is 0 Å². The van der Waals surface area contributed by atoms with E-state index in [0.29, 0.717) is 31.9 Å². The van der Waals surface area contributed by atoms with Gasteiger partial charge in [-0.15, -0.1) is 0 Å². The van der Waals surface area contributed by atoms with Crippen LogP contribution in [0.15, 0.2) is 53.1 Å². The Morgan fingerprint density at radius 2 is 1.50 bits per heavy atom. The molecule has 1 aromatic carbocycles. The molecule has 1 aromatic heterocycles. The summed E-state index contributed by atoms with van der Waals surface area (Å²) in [5.74, 6) is 0.484. The second kappa shape index (κ2) is 8.61. The van der Waals surface area contributed by atoms with Crippen LogP contribution in [0.3, 0.4) is 0 Å². The van der Waals surface area contributed by atoms with Crippen LogP contribution >= 0.6 is 0 Å². The molecule has 0 bridgehead atoms. The van der Waals surface area contributed by atoms with Crippen molar-refractivity contribution in [3.63, 3.8) is 0 Å². The van der Waals surface area contributed by atoms with E-state index in [0.717, 1.165) is 31.5 Å². The van der Waals surface area contributed by atoms with Crippen molar-refractivity contribution in [3.8, 4) is 0 Å². The number of piperidine rings is 1. The lowest BCUT2D eigenvalue weighted by Crippen LogP contribution is -2.53. The van der Waals surface area contributed by atoms with Crippen molar-refractivity contribution in [1.29, 1.82) is 0 Å². The zero-order valence-electron chi connectivity index (χ0n) is 16.1. The van der Waals surface area contributed by atoms with E-state index in [4.69, 9.17) is 4.42 Å². The number of carbonyl (C=O) groups excluding carboxylic acids is 2. The standard InChI is InChI=1S/C22H27N3O3/c26-21(19-10-7-17-28-19)25-15-13-23(14-16-25)20(18-8-3-1-4-9-18)22(27)24-11-5-2-6-12-24/h1,3-4,7-10,17,20H,2,5-6,11-16H2. The van der Waals surface area contributed by atoms with Crippen LogP contribution in [0.25, 0.3) is 0 Å². The van der Waals surface area contributed by atoms with Crippen molar-refractivity contribution in [2.24, 2.45) is 0 Å². The number of hydrogen-bond donors (Lipinski definition) is 0. The van der Waals surface area contributed by atoms with Crippen molar-refractivity contribution in [2.45, 2.75) is 25.3 Å². The Kier molecular flexibility index (Phi) is 5.76. The SMILES string of the molecule is O=C(c1ccco1)N1CCN(C(C(=O)N2CCCCC2)c2ccccc2)CC1. The first-order valence-corrected chi connectivity index (χ1v) is 10.1. The number of furan rings is 1. The van der Waals surface area contributed by atoms with Crippen LogP contribution in [0.5, 0.6) is 0 Å². The average Bonchev–Trinajstić information content (AvgIpc) is 3.30. The van der Waals surface area contributed by atoms with Crippen molar-refractivity contribution >= 4 is 11.8 Å². The molecule has 1 unspecified atom stereocenters. The Balaban J connectivity index is 1.48. The second-order valence-electron chi connectivity index (χ2n) is 7.50. The van der Waals surface area contributed by atoms with Gasteiger partial charge in [0, 0.05) is 39.3 Å². The lowest BCUT2D eigenvalue weighted by atomic mass is 10.0. The van der Waals surface area contributed by atoms with Gasteiger partial charge in [0.1, 0.15) is 6.04 Å². The maximum absolute atomic E-state index is 13.4. The zero-order valence-corrected chi connectivity index (χ0v) is 16.1. The molecule has 6 heteroatoms. The Hall–Kier alpha value is -2.60. The molecule has 3 heterocycles. The first kappa shape index (κ1) is 18.7. The van der Waals surface area contributed by atoms with Gasteiger partial charge in [-0.05, 0) is 37.0 Å². The van der Waals surface area contributed by atoms with Crippen LogP contribution in [-0.4, -0.2) is 65.8 Å². The summed E-state index contributed by atoms with van der Waals surface area (Å²) in [5, 5.41) is 0. The van der Waals surface area contributed by atoms with Crippen molar-refractivity contribution < 1.29 is 14.0 Å². The Bertz CT molecular complexity index is 777. The van der Waals surface area contributed by atoms with Crippen LogP contribution in [-0.2, 0) is 4.79 Å². The third-order valence-corrected chi connectivity index (χ3v) is 5.72. The number of piperazine rings is 1. The molecule has 2 amide bonds. The monoisotopic (exact) mass is 381 g/mol. The van der Waals surface area contributed by atoms with Crippen molar-refractivity contribution in [1.82, 2.24) is 14.7 Å². The maximum atomic E-state index is 13.4. The summed E-state index contributed by atoms with van der Waals surface area (Å²) in [4.78, 5) is 32.0. The maximum Gasteiger partial charge on any atom is 0.289 e. The molecule has 28 heavy (non-hydrogen) atoms. The minimum Gasteiger partial charge on any atom is -0.459 e. The van der Waals surface area contributed by atoms with E-state index >= 15 is 0 Å². The summed E-state index contributed by atoms with van der Waals surface area (Å²) in [7, 11) is 0. The van der Waals surface area contributed by atoms with E-state index in [1.807, 2.05) is 40.1 Å². The molecule has 0 aliphatic carbocycles. The van der Waals surface area contributed by atoms with Crippen molar-refractivity contribution in [2.75, 3.05) is 39.3 Å². The minimum atomic E-state index is -0.278. The summed E-state index contributed by atoms with van der Waals surface area (Å²) in [6, 6.07) is 13.2. The Labute approximate surface area is 165 Å². The molecule has 0 N–H and O–H groups in total. The molecule has 0 spiro atoms. The molecule has 2 aliphatic heterocycles. The van der Waals surface area contributed by atoms with Crippen molar-refractivity contribution in [3.05, 3.63) is 60.1 Å². The summed E-state index contributed by atoms with van der Waals surface area (Å²) < 4.78 is 5.24. The third-order valence-electron chi connectivity index (χ3n) is 5.72. The normalized spacial score (nSPS) is 19.4. The van der Waals surface area contributed by atoms with Gasteiger partial charge in [0.2, 0.25) is 5.91 Å². The highest BCUT2D eigenvalue weighted by molar-refractivity contribution is 5.91. The summed E-state index contributed by atoms with van der Waals surface area (Å²) >= 11 is 0. The molecule has 2 fully saturated rings. The predicted molar refractivity (Wildman–Crippen MR) is 106 cm³/mol. The Morgan fingerprint density at radius 3 is 2.14 bits per heavy atom. The number of likely N-dealkylation sites (tertiary alicyclic amines) is 1. The van der Waals surface area contributed by atoms with E-state index in [-0.39, 0.29) is 17.9 Å². The smallest absolute Gasteiger partial charge is 0.289 e. The Morgan fingerprint density at radius 1 is 0.786 bits per heavy atom. The molecular formula is C22H27N3O3. The summed E-state index contributed by atoms with van der Waals surface area (Å²) in [5.41, 5.74) is 1.03. The lowest BCUT2D eigenvalue weighted by Gasteiger charge is -2.40. The van der Waals surface area contributed by atoms with Gasteiger partial charge in [0.05, 0.1) is 6.26 Å². The molecule has 2 saturated heterocycles. The number of carbonyl (C=O) groups is 2. The lowest BCUT2D eigenvalue weighted by molar-refractivity contribution is -0.138. The summed E-state index contributed by atoms with van der Waals surface area (Å²) in [6.45, 7) is 4.22. The number of rotatable bonds is 4. The van der Waals surface area contributed by atoms with Crippen LogP contribution in [0.1, 0.15) is 41.4 Å². The predicted octanol–water partition coefficient (Wildman–Crippen LogP) is 2.79. The molecule has 4 rings (SSSR count). The molecule has 0 radical (unpaired) electrons. The van der Waals surface area contributed by atoms with Gasteiger partial charge in [-0.2, -0.15) is 0 Å². The fourth-order valence-electron chi connectivity index (χ4n) is 4.17. The van der Waals surface area contributed by atoms with E-state index in [1.54, 1.807) is 12.1 Å². The minimum absolute atomic E-state index is 0.0803. The largest absolute Gasteiger partial charge is 0.459 e. The van der Waals surface area contributed by atoms with E-state index in [2.05, 4.69) is 4.90 Å². The average molecular weight is 381 g/mol. The molecule has 6 nitrogen and oxygen atoms in total. The van der Waals surface area contributed by atoms with Crippen LogP contribution < -0.4 is 0 Å². The molecule has 2 aliphatic rings. The number of hydrogen-bond acceptors (Lipinski definition) is 4. The second-order valence-corrected chi connectivity index (χ2v) is 7.50. The molecular weight excluding hydrogens is 354 g/mol. The number of nitrogens with zero attached hydrogens (tertiary/aromatic N) is 3. The van der Waals surface area contributed by atoms with Gasteiger partial charge < -0.3 is 14.2 Å². The van der Waals surface area contributed by atoms with Crippen LogP contribution in [0.4, 0.5) is 0 Å². The molecule has 148 valence electrons. The highest BCUT2D eigenvalue weighted by Crippen LogP contribution is 2.26. The third kappa shape index (κ3) is 3.97. The zero-order chi connectivity index (χ0) is 19.3. The van der Waals surface area contributed by atoms with Gasteiger partial charge in [-0.3, -0.25) is 14.5 Å². The first-order valence-electron chi connectivity index (χ1n) is 10.1. The molecule has 0 saturated carbocycles. The van der Waals surface area contributed by atoms with E-state index in [1.165, 1.54) is 12.7 Å². The summed E-state index contributed by atoms with van der Waals surface area (Å²) in [6.07, 6.45) is 4.89. The van der Waals surface area contributed by atoms with Gasteiger partial charge in [0.25, 0.3) is 5.91 Å². The number of amides is 2. The van der Waals surface area contributed by atoms with Gasteiger partial charge >= 0.3 is 0 Å². The first-order chi connectivity index (χ1) is 13.7. The van der Waals surface area contributed by atoms with Crippen LogP contribution in [0.2, 0.25) is 0 Å². The highest BCUT2D eigenvalue weighted by atomic mass is 16.3. The van der Waals surface area contributed by atoms with Crippen LogP contribution in [0, 0.1) is 0 Å². The number of benzene rings is 1. The molecule has 1 atom stereocenters. The van der Waals surface area contributed by atoms with Gasteiger partial charge in [0.15, 0.2) is 5.76 Å². The van der Waals surface area contributed by atoms with E-state index in [9.17, 15) is 9.59 Å². The van der Waals surface area contributed by atoms with E-state index < -0.39 is 0 Å². The van der Waals surface area contributed by atoms with Gasteiger partial charge in [-0.1, -0.05) is 30.3 Å². The topological polar surface area (TPSA) is 57.0 Å². The fraction of sp³-hybridized carbons (Fsp3) is 0.455. The quantitative estimate of drug-likeness (QED) is 0.817.